The molecule has 1 N–H and O–H groups in total. The number of benzene rings is 1. The number of hydrogen-bond acceptors (Lipinski definition) is 6. The molecule has 8 heteroatoms. The van der Waals surface area contributed by atoms with Gasteiger partial charge in [0, 0.05) is 44.3 Å². The van der Waals surface area contributed by atoms with E-state index in [1.54, 1.807) is 16.7 Å². The van der Waals surface area contributed by atoms with E-state index in [1.807, 2.05) is 26.0 Å². The van der Waals surface area contributed by atoms with Crippen molar-refractivity contribution in [1.29, 1.82) is 0 Å². The summed E-state index contributed by atoms with van der Waals surface area (Å²) in [7, 11) is 0. The van der Waals surface area contributed by atoms with Crippen molar-refractivity contribution in [1.82, 2.24) is 19.8 Å². The summed E-state index contributed by atoms with van der Waals surface area (Å²) in [6.07, 6.45) is 2.72. The quantitative estimate of drug-likeness (QED) is 0.873. The Morgan fingerprint density at radius 3 is 2.14 bits per heavy atom. The van der Waals surface area contributed by atoms with Gasteiger partial charge in [-0.25, -0.2) is 14.8 Å². The predicted molar refractivity (Wildman–Crippen MR) is 106 cm³/mol. The molecule has 2 amide bonds. The van der Waals surface area contributed by atoms with Gasteiger partial charge in [0.1, 0.15) is 0 Å². The lowest BCUT2D eigenvalue weighted by molar-refractivity contribution is 0.0570. The van der Waals surface area contributed by atoms with E-state index >= 15 is 0 Å². The Labute approximate surface area is 164 Å². The van der Waals surface area contributed by atoms with Gasteiger partial charge in [0.2, 0.25) is 5.95 Å². The summed E-state index contributed by atoms with van der Waals surface area (Å²) in [4.78, 5) is 36.2. The SMILES string of the molecule is CCOC(=O)N1CCN(C(=O)c2cnc(Nc3cc(C)cc(C)c3)nc2)CC1. The summed E-state index contributed by atoms with van der Waals surface area (Å²) in [5.74, 6) is 0.301. The zero-order valence-corrected chi connectivity index (χ0v) is 16.4. The molecule has 1 aromatic heterocycles. The fourth-order valence-electron chi connectivity index (χ4n) is 3.17. The highest BCUT2D eigenvalue weighted by molar-refractivity contribution is 5.93. The molecule has 148 valence electrons. The summed E-state index contributed by atoms with van der Waals surface area (Å²) in [5.41, 5.74) is 3.63. The second-order valence-corrected chi connectivity index (χ2v) is 6.77. The molecule has 1 fully saturated rings. The largest absolute Gasteiger partial charge is 0.450 e. The number of rotatable bonds is 4. The minimum Gasteiger partial charge on any atom is -0.450 e. The summed E-state index contributed by atoms with van der Waals surface area (Å²) < 4.78 is 4.99. The first-order chi connectivity index (χ1) is 13.5. The number of amides is 2. The molecule has 0 aliphatic carbocycles. The van der Waals surface area contributed by atoms with Crippen molar-refractivity contribution in [2.75, 3.05) is 38.1 Å². The average Bonchev–Trinajstić information content (AvgIpc) is 2.67. The zero-order valence-electron chi connectivity index (χ0n) is 16.4. The number of nitrogens with zero attached hydrogens (tertiary/aromatic N) is 4. The number of carbonyl (C=O) groups is 2. The van der Waals surface area contributed by atoms with E-state index in [-0.39, 0.29) is 12.0 Å². The molecule has 2 aromatic rings. The Hall–Kier alpha value is -3.16. The highest BCUT2D eigenvalue weighted by atomic mass is 16.6. The van der Waals surface area contributed by atoms with Crippen LogP contribution in [0.4, 0.5) is 16.4 Å². The highest BCUT2D eigenvalue weighted by Gasteiger charge is 2.25. The van der Waals surface area contributed by atoms with Crippen LogP contribution in [0.15, 0.2) is 30.6 Å². The third kappa shape index (κ3) is 4.76. The van der Waals surface area contributed by atoms with Crippen LogP contribution in [0.2, 0.25) is 0 Å². The van der Waals surface area contributed by atoms with Gasteiger partial charge in [-0.15, -0.1) is 0 Å². The van der Waals surface area contributed by atoms with Crippen molar-refractivity contribution in [3.05, 3.63) is 47.3 Å². The first-order valence-electron chi connectivity index (χ1n) is 9.34. The lowest BCUT2D eigenvalue weighted by Crippen LogP contribution is -2.50. The number of anilines is 2. The van der Waals surface area contributed by atoms with Crippen LogP contribution in [0.5, 0.6) is 0 Å². The Bertz CT molecular complexity index is 825. The molecule has 3 rings (SSSR count). The number of aromatic nitrogens is 2. The van der Waals surface area contributed by atoms with E-state index in [0.717, 1.165) is 16.8 Å². The fourth-order valence-corrected chi connectivity index (χ4v) is 3.17. The molecule has 1 aromatic carbocycles. The van der Waals surface area contributed by atoms with Gasteiger partial charge < -0.3 is 19.9 Å². The Balaban J connectivity index is 1.59. The molecule has 8 nitrogen and oxygen atoms in total. The van der Waals surface area contributed by atoms with Gasteiger partial charge in [-0.1, -0.05) is 6.07 Å². The van der Waals surface area contributed by atoms with Gasteiger partial charge in [-0.2, -0.15) is 0 Å². The summed E-state index contributed by atoms with van der Waals surface area (Å²) >= 11 is 0. The maximum Gasteiger partial charge on any atom is 0.409 e. The van der Waals surface area contributed by atoms with E-state index < -0.39 is 0 Å². The van der Waals surface area contributed by atoms with E-state index in [4.69, 9.17) is 4.74 Å². The summed E-state index contributed by atoms with van der Waals surface area (Å²) in [6.45, 7) is 8.01. The number of hydrogen-bond donors (Lipinski definition) is 1. The second kappa shape index (κ2) is 8.69. The van der Waals surface area contributed by atoms with Gasteiger partial charge in [0.15, 0.2) is 0 Å². The topological polar surface area (TPSA) is 87.7 Å². The molecular weight excluding hydrogens is 358 g/mol. The van der Waals surface area contributed by atoms with Crippen molar-refractivity contribution < 1.29 is 14.3 Å². The van der Waals surface area contributed by atoms with Gasteiger partial charge in [0.25, 0.3) is 5.91 Å². The molecule has 1 saturated heterocycles. The maximum absolute atomic E-state index is 12.7. The van der Waals surface area contributed by atoms with E-state index in [0.29, 0.717) is 44.3 Å². The average molecular weight is 383 g/mol. The Kier molecular flexibility index (Phi) is 6.08. The third-order valence-corrected chi connectivity index (χ3v) is 4.47. The molecule has 0 saturated carbocycles. The van der Waals surface area contributed by atoms with Crippen LogP contribution in [0.25, 0.3) is 0 Å². The molecule has 28 heavy (non-hydrogen) atoms. The summed E-state index contributed by atoms with van der Waals surface area (Å²) in [6, 6.07) is 6.12. The van der Waals surface area contributed by atoms with Crippen LogP contribution in [0, 0.1) is 13.8 Å². The van der Waals surface area contributed by atoms with Crippen molar-refractivity contribution >= 4 is 23.6 Å². The van der Waals surface area contributed by atoms with Crippen LogP contribution in [0.1, 0.15) is 28.4 Å². The molecule has 2 heterocycles. The van der Waals surface area contributed by atoms with Gasteiger partial charge >= 0.3 is 6.09 Å². The number of aryl methyl sites for hydroxylation is 2. The highest BCUT2D eigenvalue weighted by Crippen LogP contribution is 2.17. The van der Waals surface area contributed by atoms with Gasteiger partial charge in [-0.3, -0.25) is 4.79 Å². The van der Waals surface area contributed by atoms with Crippen molar-refractivity contribution in [3.8, 4) is 0 Å². The normalized spacial score (nSPS) is 14.0. The van der Waals surface area contributed by atoms with Crippen LogP contribution in [0.3, 0.4) is 0 Å². The van der Waals surface area contributed by atoms with Crippen molar-refractivity contribution in [2.45, 2.75) is 20.8 Å². The van der Waals surface area contributed by atoms with Gasteiger partial charge in [-0.05, 0) is 44.0 Å². The minimum absolute atomic E-state index is 0.138. The van der Waals surface area contributed by atoms with E-state index in [2.05, 4.69) is 21.4 Å². The molecule has 1 aliphatic rings. The van der Waals surface area contributed by atoms with Crippen LogP contribution in [-0.4, -0.2) is 64.6 Å². The zero-order chi connectivity index (χ0) is 20.1. The smallest absolute Gasteiger partial charge is 0.409 e. The summed E-state index contributed by atoms with van der Waals surface area (Å²) in [5, 5.41) is 3.16. The van der Waals surface area contributed by atoms with E-state index in [1.165, 1.54) is 12.4 Å². The molecule has 0 spiro atoms. The number of carbonyl (C=O) groups excluding carboxylic acids is 2. The monoisotopic (exact) mass is 383 g/mol. The Morgan fingerprint density at radius 2 is 1.57 bits per heavy atom. The van der Waals surface area contributed by atoms with Crippen LogP contribution in [-0.2, 0) is 4.74 Å². The lowest BCUT2D eigenvalue weighted by atomic mass is 10.1. The molecule has 0 unspecified atom stereocenters. The molecule has 0 bridgehead atoms. The van der Waals surface area contributed by atoms with Crippen LogP contribution < -0.4 is 5.32 Å². The third-order valence-electron chi connectivity index (χ3n) is 4.47. The first-order valence-corrected chi connectivity index (χ1v) is 9.34. The number of nitrogens with one attached hydrogen (secondary N) is 1. The number of piperazine rings is 1. The predicted octanol–water partition coefficient (Wildman–Crippen LogP) is 2.75. The van der Waals surface area contributed by atoms with Crippen molar-refractivity contribution in [3.63, 3.8) is 0 Å². The minimum atomic E-state index is -0.334. The fraction of sp³-hybridized carbons (Fsp3) is 0.400. The van der Waals surface area contributed by atoms with Gasteiger partial charge in [0.05, 0.1) is 12.2 Å². The molecule has 0 radical (unpaired) electrons. The second-order valence-electron chi connectivity index (χ2n) is 6.77. The maximum atomic E-state index is 12.7. The van der Waals surface area contributed by atoms with E-state index in [9.17, 15) is 9.59 Å². The molecule has 1 aliphatic heterocycles. The molecular formula is C20H25N5O3. The standard InChI is InChI=1S/C20H25N5O3/c1-4-28-20(27)25-7-5-24(6-8-25)18(26)16-12-21-19(22-13-16)23-17-10-14(2)9-15(3)11-17/h9-13H,4-8H2,1-3H3,(H,21,22,23). The van der Waals surface area contributed by atoms with Crippen molar-refractivity contribution in [2.24, 2.45) is 0 Å². The molecule has 0 atom stereocenters. The first kappa shape index (κ1) is 19.6. The Morgan fingerprint density at radius 1 is 1.00 bits per heavy atom. The lowest BCUT2D eigenvalue weighted by Gasteiger charge is -2.33. The van der Waals surface area contributed by atoms with Crippen LogP contribution >= 0.6 is 0 Å². The number of ether oxygens (including phenoxy) is 1.